The maximum atomic E-state index is 13.2. The van der Waals surface area contributed by atoms with Crippen molar-refractivity contribution in [2.24, 2.45) is 10.7 Å². The predicted octanol–water partition coefficient (Wildman–Crippen LogP) is 1.84. The Kier molecular flexibility index (Phi) is 5.70. The number of nitrogen functional groups attached to an aromatic ring is 1. The second kappa shape index (κ2) is 9.42. The van der Waals surface area contributed by atoms with E-state index in [1.54, 1.807) is 12.4 Å². The van der Waals surface area contributed by atoms with Gasteiger partial charge in [0.25, 0.3) is 11.8 Å². The molecule has 6 heterocycles. The van der Waals surface area contributed by atoms with E-state index in [2.05, 4.69) is 25.9 Å². The lowest BCUT2D eigenvalue weighted by Gasteiger charge is -2.39. The van der Waals surface area contributed by atoms with E-state index in [1.165, 1.54) is 4.52 Å². The van der Waals surface area contributed by atoms with Crippen molar-refractivity contribution in [1.82, 2.24) is 35.3 Å². The summed E-state index contributed by atoms with van der Waals surface area (Å²) >= 11 is 0. The van der Waals surface area contributed by atoms with E-state index in [0.29, 0.717) is 36.7 Å². The fourth-order valence-corrected chi connectivity index (χ4v) is 6.37. The standard InChI is InChI=1S/C28H28N10O2/c29-24-22(25(30)39)23(17-10-18-7-8-19(11-17)37(18)28(40)26-32-14-33-36-26)35-27-20(13-34-38(24)27)16-6-9-21(31-12-16)15-4-2-1-3-5-15/h1-6,9,12-13,17-19,33H,7-8,10-11,14,29H2,(H2,30,39)(H,32,36). The summed E-state index contributed by atoms with van der Waals surface area (Å²) in [6.07, 6.45) is 6.55. The largest absolute Gasteiger partial charge is 0.383 e. The SMILES string of the molecule is NC(=O)c1c(C2CC3CCC(C2)N3C(=O)C2=NCNN2)nc2c(-c3ccc(-c4ccccc4)nc3)cnn2c1N. The number of hydrogen-bond donors (Lipinski definition) is 4. The molecular weight excluding hydrogens is 508 g/mol. The Hall–Kier alpha value is -4.84. The number of primary amides is 1. The highest BCUT2D eigenvalue weighted by Crippen LogP contribution is 2.44. The second-order valence-corrected chi connectivity index (χ2v) is 10.4. The number of amides is 2. The lowest BCUT2D eigenvalue weighted by molar-refractivity contribution is -0.128. The van der Waals surface area contributed by atoms with Gasteiger partial charge in [-0.25, -0.2) is 15.4 Å². The molecule has 2 atom stereocenters. The van der Waals surface area contributed by atoms with Crippen LogP contribution in [0, 0.1) is 0 Å². The Bertz CT molecular complexity index is 1650. The number of anilines is 1. The Morgan fingerprint density at radius 1 is 0.975 bits per heavy atom. The van der Waals surface area contributed by atoms with E-state index in [9.17, 15) is 9.59 Å². The quantitative estimate of drug-likeness (QED) is 0.299. The van der Waals surface area contributed by atoms with Gasteiger partial charge in [0.1, 0.15) is 18.1 Å². The zero-order valence-corrected chi connectivity index (χ0v) is 21.6. The number of nitrogens with two attached hydrogens (primary N) is 2. The molecule has 0 spiro atoms. The van der Waals surface area contributed by atoms with Gasteiger partial charge in [0.05, 0.1) is 17.6 Å². The Labute approximate surface area is 229 Å². The zero-order chi connectivity index (χ0) is 27.4. The monoisotopic (exact) mass is 536 g/mol. The van der Waals surface area contributed by atoms with Crippen molar-refractivity contribution in [2.75, 3.05) is 12.4 Å². The Morgan fingerprint density at radius 3 is 2.40 bits per heavy atom. The number of rotatable bonds is 5. The number of piperidine rings is 1. The molecule has 7 rings (SSSR count). The molecule has 6 N–H and O–H groups in total. The lowest BCUT2D eigenvalue weighted by atomic mass is 9.85. The predicted molar refractivity (Wildman–Crippen MR) is 149 cm³/mol. The molecule has 2 saturated heterocycles. The number of fused-ring (bicyclic) bond motifs is 3. The summed E-state index contributed by atoms with van der Waals surface area (Å²) in [6, 6.07) is 13.9. The summed E-state index contributed by atoms with van der Waals surface area (Å²) in [6.45, 7) is 0.371. The van der Waals surface area contributed by atoms with Crippen molar-refractivity contribution in [1.29, 1.82) is 0 Å². The number of aliphatic imine (C=N–C) groups is 1. The first kappa shape index (κ1) is 24.2. The number of nitrogens with one attached hydrogen (secondary N) is 2. The minimum Gasteiger partial charge on any atom is -0.383 e. The summed E-state index contributed by atoms with van der Waals surface area (Å²) in [5.41, 5.74) is 22.8. The molecule has 3 aromatic heterocycles. The number of hydrazine groups is 1. The van der Waals surface area contributed by atoms with Gasteiger partial charge in [0, 0.05) is 40.9 Å². The topological polar surface area (TPSA) is 169 Å². The molecule has 2 bridgehead atoms. The van der Waals surface area contributed by atoms with Crippen molar-refractivity contribution >= 4 is 29.1 Å². The highest BCUT2D eigenvalue weighted by molar-refractivity contribution is 6.38. The summed E-state index contributed by atoms with van der Waals surface area (Å²) in [5.74, 6) is -0.330. The third-order valence-corrected chi connectivity index (χ3v) is 8.18. The third-order valence-electron chi connectivity index (χ3n) is 8.18. The summed E-state index contributed by atoms with van der Waals surface area (Å²) < 4.78 is 1.47. The van der Waals surface area contributed by atoms with Crippen molar-refractivity contribution in [3.63, 3.8) is 0 Å². The minimum absolute atomic E-state index is 0.0143. The van der Waals surface area contributed by atoms with Crippen molar-refractivity contribution in [2.45, 2.75) is 43.7 Å². The average molecular weight is 537 g/mol. The van der Waals surface area contributed by atoms with Crippen LogP contribution in [0.25, 0.3) is 28.0 Å². The number of hydrogen-bond acceptors (Lipinski definition) is 9. The zero-order valence-electron chi connectivity index (χ0n) is 21.6. The van der Waals surface area contributed by atoms with Gasteiger partial charge >= 0.3 is 0 Å². The van der Waals surface area contributed by atoms with Crippen LogP contribution in [0.15, 0.2) is 59.9 Å². The van der Waals surface area contributed by atoms with Gasteiger partial charge in [0.2, 0.25) is 5.84 Å². The van der Waals surface area contributed by atoms with Crippen LogP contribution in [0.5, 0.6) is 0 Å². The van der Waals surface area contributed by atoms with Crippen LogP contribution in [0.2, 0.25) is 0 Å². The van der Waals surface area contributed by atoms with Gasteiger partial charge in [-0.15, -0.1) is 0 Å². The van der Waals surface area contributed by atoms with Gasteiger partial charge in [-0.2, -0.15) is 9.61 Å². The minimum atomic E-state index is -0.644. The van der Waals surface area contributed by atoms with Crippen LogP contribution in [-0.4, -0.2) is 60.9 Å². The molecule has 4 aromatic rings. The van der Waals surface area contributed by atoms with Gasteiger partial charge in [-0.1, -0.05) is 36.4 Å². The maximum Gasteiger partial charge on any atom is 0.290 e. The van der Waals surface area contributed by atoms with Crippen LogP contribution in [0.1, 0.15) is 47.7 Å². The van der Waals surface area contributed by atoms with Crippen molar-refractivity contribution in [3.05, 3.63) is 66.1 Å². The molecule has 202 valence electrons. The van der Waals surface area contributed by atoms with Crippen LogP contribution >= 0.6 is 0 Å². The third kappa shape index (κ3) is 3.87. The van der Waals surface area contributed by atoms with Crippen molar-refractivity contribution < 1.29 is 9.59 Å². The van der Waals surface area contributed by atoms with E-state index in [1.807, 2.05) is 47.4 Å². The number of pyridine rings is 1. The Morgan fingerprint density at radius 2 is 1.75 bits per heavy atom. The molecule has 2 amide bonds. The van der Waals surface area contributed by atoms with Gasteiger partial charge in [-0.05, 0) is 31.7 Å². The summed E-state index contributed by atoms with van der Waals surface area (Å²) in [7, 11) is 0. The highest BCUT2D eigenvalue weighted by Gasteiger charge is 2.46. The van der Waals surface area contributed by atoms with Crippen LogP contribution in [-0.2, 0) is 4.79 Å². The lowest BCUT2D eigenvalue weighted by Crippen LogP contribution is -2.52. The molecule has 3 aliphatic rings. The van der Waals surface area contributed by atoms with Gasteiger partial charge in [0.15, 0.2) is 5.65 Å². The molecule has 2 unspecified atom stereocenters. The number of carbonyl (C=O) groups is 2. The van der Waals surface area contributed by atoms with E-state index in [0.717, 1.165) is 35.2 Å². The fraction of sp³-hybridized carbons (Fsp3) is 0.286. The van der Waals surface area contributed by atoms with E-state index < -0.39 is 5.91 Å². The molecule has 0 saturated carbocycles. The maximum absolute atomic E-state index is 13.2. The first-order chi connectivity index (χ1) is 19.5. The fourth-order valence-electron chi connectivity index (χ4n) is 6.37. The number of nitrogens with zero attached hydrogens (tertiary/aromatic N) is 6. The molecule has 3 aliphatic heterocycles. The number of amidine groups is 1. The average Bonchev–Trinajstić information content (AvgIpc) is 3.71. The molecule has 12 nitrogen and oxygen atoms in total. The normalized spacial score (nSPS) is 21.9. The van der Waals surface area contributed by atoms with Gasteiger partial charge < -0.3 is 16.4 Å². The highest BCUT2D eigenvalue weighted by atomic mass is 16.2. The molecule has 2 fully saturated rings. The van der Waals surface area contributed by atoms with Crippen LogP contribution in [0.4, 0.5) is 5.82 Å². The smallest absolute Gasteiger partial charge is 0.290 e. The molecular formula is C28H28N10O2. The molecule has 12 heteroatoms. The first-order valence-electron chi connectivity index (χ1n) is 13.3. The molecule has 1 aromatic carbocycles. The summed E-state index contributed by atoms with van der Waals surface area (Å²) in [5, 5.41) is 4.44. The number of aromatic nitrogens is 4. The van der Waals surface area contributed by atoms with E-state index in [4.69, 9.17) is 16.5 Å². The van der Waals surface area contributed by atoms with E-state index >= 15 is 0 Å². The van der Waals surface area contributed by atoms with Crippen LogP contribution in [0.3, 0.4) is 0 Å². The number of carbonyl (C=O) groups excluding carboxylic acids is 2. The van der Waals surface area contributed by atoms with Crippen molar-refractivity contribution in [3.8, 4) is 22.4 Å². The molecule has 0 radical (unpaired) electrons. The second-order valence-electron chi connectivity index (χ2n) is 10.4. The van der Waals surface area contributed by atoms with Gasteiger partial charge in [-0.3, -0.25) is 20.0 Å². The first-order valence-corrected chi connectivity index (χ1v) is 13.3. The number of benzene rings is 1. The molecule has 40 heavy (non-hydrogen) atoms. The van der Waals surface area contributed by atoms with Crippen LogP contribution < -0.4 is 22.3 Å². The summed E-state index contributed by atoms with van der Waals surface area (Å²) in [4.78, 5) is 41.6. The van der Waals surface area contributed by atoms with E-state index in [-0.39, 0.29) is 35.3 Å². The Balaban J connectivity index is 1.25. The molecule has 0 aliphatic carbocycles.